The molecule has 0 saturated carbocycles. The van der Waals surface area contributed by atoms with Crippen LogP contribution >= 0.6 is 12.4 Å². The highest BCUT2D eigenvalue weighted by molar-refractivity contribution is 5.85. The summed E-state index contributed by atoms with van der Waals surface area (Å²) < 4.78 is 5.12. The van der Waals surface area contributed by atoms with Crippen molar-refractivity contribution in [2.45, 2.75) is 18.6 Å². The molecule has 1 saturated heterocycles. The Morgan fingerprint density at radius 3 is 2.92 bits per heavy atom. The van der Waals surface area contributed by atoms with Crippen LogP contribution in [-0.2, 0) is 4.74 Å². The third-order valence-electron chi connectivity index (χ3n) is 2.04. The summed E-state index contributed by atoms with van der Waals surface area (Å²) in [6.07, 6.45) is -0.246. The molecule has 13 heavy (non-hydrogen) atoms. The fraction of sp³-hybridized carbons (Fsp3) is 0.857. The average Bonchev–Trinajstić information content (AvgIpc) is 2.04. The van der Waals surface area contributed by atoms with E-state index in [0.717, 1.165) is 13.0 Å². The fourth-order valence-electron chi connectivity index (χ4n) is 1.40. The Hall–Kier alpha value is -0.520. The van der Waals surface area contributed by atoms with Gasteiger partial charge in [0.25, 0.3) is 0 Å². The minimum absolute atomic E-state index is 0. The Morgan fingerprint density at radius 2 is 2.38 bits per heavy atom. The first-order chi connectivity index (χ1) is 5.74. The van der Waals surface area contributed by atoms with Crippen molar-refractivity contribution in [3.8, 4) is 0 Å². The lowest BCUT2D eigenvalue weighted by Gasteiger charge is -2.30. The Balaban J connectivity index is 0.00000144. The van der Waals surface area contributed by atoms with Crippen LogP contribution in [0, 0.1) is 0 Å². The smallest absolute Gasteiger partial charge is 0.404 e. The third kappa shape index (κ3) is 3.80. The van der Waals surface area contributed by atoms with E-state index >= 15 is 0 Å². The summed E-state index contributed by atoms with van der Waals surface area (Å²) in [7, 11) is 1.59. The van der Waals surface area contributed by atoms with Gasteiger partial charge in [0.05, 0.1) is 12.1 Å². The average molecular weight is 211 g/mol. The molecule has 0 aromatic heterocycles. The summed E-state index contributed by atoms with van der Waals surface area (Å²) >= 11 is 0. The highest BCUT2D eigenvalue weighted by Gasteiger charge is 2.25. The molecule has 0 bridgehead atoms. The normalized spacial score (nSPS) is 27.5. The predicted octanol–water partition coefficient (Wildman–Crippen LogP) is 0.0527. The Kier molecular flexibility index (Phi) is 5.77. The molecule has 78 valence electrons. The van der Waals surface area contributed by atoms with Crippen molar-refractivity contribution in [3.63, 3.8) is 0 Å². The molecule has 1 aliphatic rings. The number of rotatable bonds is 2. The summed E-state index contributed by atoms with van der Waals surface area (Å²) in [6, 6.07) is -0.0752. The van der Waals surface area contributed by atoms with Crippen LogP contribution in [0.4, 0.5) is 4.79 Å². The van der Waals surface area contributed by atoms with Gasteiger partial charge < -0.3 is 20.5 Å². The molecular weight excluding hydrogens is 196 g/mol. The van der Waals surface area contributed by atoms with E-state index in [9.17, 15) is 4.79 Å². The monoisotopic (exact) mass is 210 g/mol. The van der Waals surface area contributed by atoms with Gasteiger partial charge in [0.15, 0.2) is 0 Å². The van der Waals surface area contributed by atoms with E-state index in [1.165, 1.54) is 0 Å². The van der Waals surface area contributed by atoms with Crippen molar-refractivity contribution >= 4 is 18.5 Å². The van der Waals surface area contributed by atoms with Gasteiger partial charge in [0, 0.05) is 13.7 Å². The van der Waals surface area contributed by atoms with E-state index in [1.807, 2.05) is 0 Å². The van der Waals surface area contributed by atoms with Gasteiger partial charge in [-0.1, -0.05) is 0 Å². The Bertz CT molecular complexity index is 168. The Morgan fingerprint density at radius 1 is 1.69 bits per heavy atom. The molecule has 0 aromatic rings. The number of hydrogen-bond donors (Lipinski definition) is 3. The molecule has 6 heteroatoms. The lowest BCUT2D eigenvalue weighted by Crippen LogP contribution is -2.53. The van der Waals surface area contributed by atoms with Gasteiger partial charge in [-0.25, -0.2) is 4.79 Å². The highest BCUT2D eigenvalue weighted by Crippen LogP contribution is 2.06. The minimum atomic E-state index is -0.982. The molecule has 1 rings (SSSR count). The number of nitrogens with one attached hydrogen (secondary N) is 2. The summed E-state index contributed by atoms with van der Waals surface area (Å²) in [5.41, 5.74) is 0. The first kappa shape index (κ1) is 12.5. The number of methoxy groups -OCH3 is 1. The van der Waals surface area contributed by atoms with Crippen LogP contribution in [0.15, 0.2) is 0 Å². The molecule has 1 fully saturated rings. The van der Waals surface area contributed by atoms with Crippen molar-refractivity contribution in [2.75, 3.05) is 20.2 Å². The maximum atomic E-state index is 10.3. The number of piperidine rings is 1. The van der Waals surface area contributed by atoms with Crippen molar-refractivity contribution in [1.82, 2.24) is 10.6 Å². The topological polar surface area (TPSA) is 70.6 Å². The lowest BCUT2D eigenvalue weighted by molar-refractivity contribution is 0.0517. The standard InChI is InChI=1S/C7H14N2O3.ClH/c1-12-6-4-8-3-2-5(6)9-7(10)11;/h5-6,8-9H,2-4H2,1H3,(H,10,11);1H/t5-,6+;/m0./s1. The number of hydrogen-bond acceptors (Lipinski definition) is 3. The molecule has 0 aromatic carbocycles. The Labute approximate surface area is 83.2 Å². The summed E-state index contributed by atoms with van der Waals surface area (Å²) in [5, 5.41) is 14.1. The van der Waals surface area contributed by atoms with E-state index in [1.54, 1.807) is 7.11 Å². The van der Waals surface area contributed by atoms with Gasteiger partial charge in [-0.2, -0.15) is 0 Å². The molecule has 1 aliphatic heterocycles. The van der Waals surface area contributed by atoms with Gasteiger partial charge in [-0.05, 0) is 13.0 Å². The largest absolute Gasteiger partial charge is 0.465 e. The molecule has 1 heterocycles. The molecule has 5 nitrogen and oxygen atoms in total. The maximum absolute atomic E-state index is 10.3. The molecule has 3 N–H and O–H groups in total. The molecule has 1 amide bonds. The van der Waals surface area contributed by atoms with Gasteiger partial charge in [-0.15, -0.1) is 12.4 Å². The first-order valence-electron chi connectivity index (χ1n) is 3.97. The van der Waals surface area contributed by atoms with E-state index in [0.29, 0.717) is 6.54 Å². The van der Waals surface area contributed by atoms with Crippen LogP contribution in [0.25, 0.3) is 0 Å². The summed E-state index contributed by atoms with van der Waals surface area (Å²) in [4.78, 5) is 10.3. The first-order valence-corrected chi connectivity index (χ1v) is 3.97. The molecular formula is C7H15ClN2O3. The van der Waals surface area contributed by atoms with E-state index < -0.39 is 6.09 Å². The zero-order chi connectivity index (χ0) is 8.97. The number of carbonyl (C=O) groups is 1. The predicted molar refractivity (Wildman–Crippen MR) is 50.5 cm³/mol. The van der Waals surface area contributed by atoms with Gasteiger partial charge in [0.1, 0.15) is 0 Å². The van der Waals surface area contributed by atoms with Crippen molar-refractivity contribution in [2.24, 2.45) is 0 Å². The van der Waals surface area contributed by atoms with Crippen molar-refractivity contribution < 1.29 is 14.6 Å². The van der Waals surface area contributed by atoms with E-state index in [-0.39, 0.29) is 24.6 Å². The van der Waals surface area contributed by atoms with E-state index in [4.69, 9.17) is 9.84 Å². The molecule has 0 spiro atoms. The van der Waals surface area contributed by atoms with Gasteiger partial charge in [0.2, 0.25) is 0 Å². The van der Waals surface area contributed by atoms with Gasteiger partial charge >= 0.3 is 6.09 Å². The molecule has 2 atom stereocenters. The fourth-order valence-corrected chi connectivity index (χ4v) is 1.40. The van der Waals surface area contributed by atoms with Crippen LogP contribution in [0.2, 0.25) is 0 Å². The van der Waals surface area contributed by atoms with Crippen LogP contribution in [0.3, 0.4) is 0 Å². The van der Waals surface area contributed by atoms with Crippen LogP contribution < -0.4 is 10.6 Å². The quantitative estimate of drug-likeness (QED) is 0.603. The zero-order valence-electron chi connectivity index (χ0n) is 7.45. The SMILES string of the molecule is CO[C@@H]1CNCC[C@@H]1NC(=O)O.Cl. The molecule has 0 unspecified atom stereocenters. The zero-order valence-corrected chi connectivity index (χ0v) is 8.26. The summed E-state index contributed by atoms with van der Waals surface area (Å²) in [6.45, 7) is 1.55. The number of halogens is 1. The second kappa shape index (κ2) is 6.01. The highest BCUT2D eigenvalue weighted by atomic mass is 35.5. The van der Waals surface area contributed by atoms with Crippen LogP contribution in [-0.4, -0.2) is 43.5 Å². The molecule has 0 radical (unpaired) electrons. The summed E-state index contributed by atoms with van der Waals surface area (Å²) in [5.74, 6) is 0. The van der Waals surface area contributed by atoms with Crippen molar-refractivity contribution in [1.29, 1.82) is 0 Å². The number of carboxylic acid groups (broad SMARTS) is 1. The minimum Gasteiger partial charge on any atom is -0.465 e. The van der Waals surface area contributed by atoms with Crippen molar-refractivity contribution in [3.05, 3.63) is 0 Å². The van der Waals surface area contributed by atoms with Crippen LogP contribution in [0.1, 0.15) is 6.42 Å². The maximum Gasteiger partial charge on any atom is 0.404 e. The lowest BCUT2D eigenvalue weighted by atomic mass is 10.0. The van der Waals surface area contributed by atoms with E-state index in [2.05, 4.69) is 10.6 Å². The number of amides is 1. The second-order valence-corrected chi connectivity index (χ2v) is 2.82. The van der Waals surface area contributed by atoms with Crippen LogP contribution in [0.5, 0.6) is 0 Å². The molecule has 0 aliphatic carbocycles. The van der Waals surface area contributed by atoms with Gasteiger partial charge in [-0.3, -0.25) is 0 Å². The third-order valence-corrected chi connectivity index (χ3v) is 2.04. The number of ether oxygens (including phenoxy) is 1. The second-order valence-electron chi connectivity index (χ2n) is 2.82.